The van der Waals surface area contributed by atoms with Gasteiger partial charge in [0, 0.05) is 26.2 Å². The normalized spacial score (nSPS) is 21.1. The van der Waals surface area contributed by atoms with Crippen molar-refractivity contribution >= 4 is 34.8 Å². The van der Waals surface area contributed by atoms with Gasteiger partial charge in [0.05, 0.1) is 28.8 Å². The first kappa shape index (κ1) is 21.8. The van der Waals surface area contributed by atoms with Crippen LogP contribution in [0, 0.1) is 0 Å². The summed E-state index contributed by atoms with van der Waals surface area (Å²) < 4.78 is 33.4. The molecule has 0 saturated carbocycles. The second-order valence-electron chi connectivity index (χ2n) is 6.88. The number of carbonyl (C=O) groups excluding carboxylic acids is 2. The molecule has 8 nitrogen and oxygen atoms in total. The van der Waals surface area contributed by atoms with Crippen LogP contribution in [0.2, 0.25) is 0 Å². The Morgan fingerprint density at radius 3 is 2.50 bits per heavy atom. The smallest absolute Gasteiger partial charge is 0.475 e. The van der Waals surface area contributed by atoms with Gasteiger partial charge < -0.3 is 14.9 Å². The van der Waals surface area contributed by atoms with E-state index in [1.54, 1.807) is 10.9 Å². The van der Waals surface area contributed by atoms with Crippen LogP contribution in [0.25, 0.3) is 0 Å². The van der Waals surface area contributed by atoms with Crippen LogP contribution in [-0.4, -0.2) is 62.4 Å². The summed E-state index contributed by atoms with van der Waals surface area (Å²) in [6.45, 7) is 0.704. The van der Waals surface area contributed by atoms with E-state index in [4.69, 9.17) is 9.90 Å². The highest BCUT2D eigenvalue weighted by Crippen LogP contribution is 2.35. The van der Waals surface area contributed by atoms with Crippen LogP contribution in [0.4, 0.5) is 18.9 Å². The molecule has 2 amide bonds. The van der Waals surface area contributed by atoms with Crippen LogP contribution in [-0.2, 0) is 16.6 Å². The third-order valence-electron chi connectivity index (χ3n) is 4.97. The van der Waals surface area contributed by atoms with E-state index in [0.29, 0.717) is 13.0 Å². The van der Waals surface area contributed by atoms with Crippen molar-refractivity contribution in [1.29, 1.82) is 0 Å². The van der Waals surface area contributed by atoms with E-state index in [1.165, 1.54) is 11.3 Å². The maximum absolute atomic E-state index is 12.7. The maximum atomic E-state index is 12.7. The summed E-state index contributed by atoms with van der Waals surface area (Å²) in [5.41, 5.74) is 0.831. The number of thiophene rings is 1. The first-order chi connectivity index (χ1) is 14.1. The number of aliphatic carboxylic acids is 1. The van der Waals surface area contributed by atoms with E-state index in [9.17, 15) is 22.8 Å². The Bertz CT molecular complexity index is 928. The average Bonchev–Trinajstić information content (AvgIpc) is 3.41. The lowest BCUT2D eigenvalue weighted by molar-refractivity contribution is -0.192. The van der Waals surface area contributed by atoms with E-state index in [-0.39, 0.29) is 23.9 Å². The van der Waals surface area contributed by atoms with Crippen molar-refractivity contribution in [3.05, 3.63) is 34.8 Å². The summed E-state index contributed by atoms with van der Waals surface area (Å²) in [6, 6.07) is 3.93. The van der Waals surface area contributed by atoms with Crippen LogP contribution in [0.1, 0.15) is 28.9 Å². The number of fused-ring (bicyclic) bond motifs is 1. The van der Waals surface area contributed by atoms with E-state index < -0.39 is 12.1 Å². The molecule has 2 aromatic rings. The lowest BCUT2D eigenvalue weighted by atomic mass is 9.96. The first-order valence-corrected chi connectivity index (χ1v) is 9.93. The molecule has 0 unspecified atom stereocenters. The summed E-state index contributed by atoms with van der Waals surface area (Å²) in [6.07, 6.45) is 0.554. The molecule has 2 fully saturated rings. The third-order valence-corrected chi connectivity index (χ3v) is 5.83. The van der Waals surface area contributed by atoms with Gasteiger partial charge in [-0.25, -0.2) is 4.79 Å². The fourth-order valence-electron chi connectivity index (χ4n) is 3.73. The number of amides is 2. The second kappa shape index (κ2) is 8.46. The minimum Gasteiger partial charge on any atom is -0.475 e. The molecule has 30 heavy (non-hydrogen) atoms. The lowest BCUT2D eigenvalue weighted by Crippen LogP contribution is -2.53. The third kappa shape index (κ3) is 4.48. The average molecular weight is 444 g/mol. The van der Waals surface area contributed by atoms with Crippen molar-refractivity contribution < 1.29 is 32.7 Å². The van der Waals surface area contributed by atoms with E-state index in [2.05, 4.69) is 5.10 Å². The van der Waals surface area contributed by atoms with Gasteiger partial charge in [0.2, 0.25) is 5.91 Å². The summed E-state index contributed by atoms with van der Waals surface area (Å²) in [5.74, 6) is -2.54. The van der Waals surface area contributed by atoms with Crippen LogP contribution < -0.4 is 4.90 Å². The maximum Gasteiger partial charge on any atom is 0.490 e. The van der Waals surface area contributed by atoms with Crippen molar-refractivity contribution in [3.63, 3.8) is 0 Å². The number of nitrogens with zero attached hydrogens (tertiary/aromatic N) is 4. The number of alkyl halides is 3. The first-order valence-electron chi connectivity index (χ1n) is 9.05. The minimum atomic E-state index is -5.08. The van der Waals surface area contributed by atoms with Gasteiger partial charge in [-0.15, -0.1) is 11.3 Å². The van der Waals surface area contributed by atoms with E-state index in [0.717, 1.165) is 23.4 Å². The van der Waals surface area contributed by atoms with Gasteiger partial charge in [0.25, 0.3) is 5.91 Å². The molecule has 2 aliphatic rings. The Balaban J connectivity index is 0.000000318. The molecular formula is C18H19F3N4O4S. The van der Waals surface area contributed by atoms with E-state index >= 15 is 0 Å². The standard InChI is InChI=1S/C16H18N4O2S.C2HF3O2/c1-18-10-11(9-17-18)20-13-6-7-19(12(13)4-5-15(20)21)16(22)14-3-2-8-23-14;3-2(4,5)1(6)7/h2-3,8-10,12-13H,4-7H2,1H3;(H,6,7)/t12-,13-;/m1./s1. The number of hydrogen-bond acceptors (Lipinski definition) is 5. The molecule has 2 aromatic heterocycles. The van der Waals surface area contributed by atoms with Gasteiger partial charge >= 0.3 is 12.1 Å². The number of carboxylic acid groups (broad SMARTS) is 1. The Kier molecular flexibility index (Phi) is 6.15. The molecule has 2 atom stereocenters. The Morgan fingerprint density at radius 1 is 1.27 bits per heavy atom. The minimum absolute atomic E-state index is 0.0596. The van der Waals surface area contributed by atoms with Gasteiger partial charge in [-0.1, -0.05) is 6.07 Å². The number of carbonyl (C=O) groups is 3. The quantitative estimate of drug-likeness (QED) is 0.768. The molecule has 2 aliphatic heterocycles. The summed E-state index contributed by atoms with van der Waals surface area (Å²) in [7, 11) is 1.84. The fraction of sp³-hybridized carbons (Fsp3) is 0.444. The zero-order valence-corrected chi connectivity index (χ0v) is 16.7. The zero-order valence-electron chi connectivity index (χ0n) is 15.9. The number of piperidine rings is 1. The van der Waals surface area contributed by atoms with Crippen molar-refractivity contribution in [2.75, 3.05) is 11.4 Å². The SMILES string of the molecule is Cn1cc(N2C(=O)CC[C@@H]3[C@H]2CCN3C(=O)c2cccs2)cn1.O=C(O)C(F)(F)F. The summed E-state index contributed by atoms with van der Waals surface area (Å²) in [5, 5.41) is 13.2. The Hall–Kier alpha value is -2.89. The highest BCUT2D eigenvalue weighted by atomic mass is 32.1. The number of carboxylic acids is 1. The van der Waals surface area contributed by atoms with Crippen molar-refractivity contribution in [1.82, 2.24) is 14.7 Å². The molecular weight excluding hydrogens is 425 g/mol. The summed E-state index contributed by atoms with van der Waals surface area (Å²) in [4.78, 5) is 38.6. The zero-order chi connectivity index (χ0) is 22.1. The molecule has 2 saturated heterocycles. The second-order valence-corrected chi connectivity index (χ2v) is 7.82. The molecule has 0 aliphatic carbocycles. The number of rotatable bonds is 2. The molecule has 12 heteroatoms. The van der Waals surface area contributed by atoms with Crippen molar-refractivity contribution in [2.24, 2.45) is 7.05 Å². The van der Waals surface area contributed by atoms with Gasteiger partial charge in [0.15, 0.2) is 0 Å². The van der Waals surface area contributed by atoms with Crippen LogP contribution >= 0.6 is 11.3 Å². The van der Waals surface area contributed by atoms with Crippen LogP contribution in [0.5, 0.6) is 0 Å². The molecule has 0 spiro atoms. The molecule has 0 bridgehead atoms. The van der Waals surface area contributed by atoms with Gasteiger partial charge in [-0.2, -0.15) is 18.3 Å². The fourth-order valence-corrected chi connectivity index (χ4v) is 4.40. The number of hydrogen-bond donors (Lipinski definition) is 1. The Morgan fingerprint density at radius 2 is 1.97 bits per heavy atom. The highest BCUT2D eigenvalue weighted by Gasteiger charge is 2.46. The van der Waals surface area contributed by atoms with Crippen LogP contribution in [0.3, 0.4) is 0 Å². The van der Waals surface area contributed by atoms with E-state index in [1.807, 2.05) is 40.6 Å². The molecule has 4 heterocycles. The van der Waals surface area contributed by atoms with Crippen molar-refractivity contribution in [2.45, 2.75) is 37.5 Å². The van der Waals surface area contributed by atoms with Gasteiger partial charge in [0.1, 0.15) is 0 Å². The predicted molar refractivity (Wildman–Crippen MR) is 101 cm³/mol. The monoisotopic (exact) mass is 444 g/mol. The summed E-state index contributed by atoms with van der Waals surface area (Å²) >= 11 is 1.47. The van der Waals surface area contributed by atoms with Gasteiger partial charge in [-0.05, 0) is 24.3 Å². The molecule has 0 radical (unpaired) electrons. The molecule has 4 rings (SSSR count). The topological polar surface area (TPSA) is 95.7 Å². The van der Waals surface area contributed by atoms with Gasteiger partial charge in [-0.3, -0.25) is 14.3 Å². The highest BCUT2D eigenvalue weighted by molar-refractivity contribution is 7.12. The number of halogens is 3. The van der Waals surface area contributed by atoms with Crippen LogP contribution in [0.15, 0.2) is 29.9 Å². The number of aryl methyl sites for hydroxylation is 1. The largest absolute Gasteiger partial charge is 0.490 e. The number of anilines is 1. The van der Waals surface area contributed by atoms with Crippen molar-refractivity contribution in [3.8, 4) is 0 Å². The lowest BCUT2D eigenvalue weighted by Gasteiger charge is -2.38. The number of aromatic nitrogens is 2. The molecule has 0 aromatic carbocycles. The predicted octanol–water partition coefficient (Wildman–Crippen LogP) is 2.52. The Labute approximate surface area is 173 Å². The molecule has 1 N–H and O–H groups in total. The molecule has 162 valence electrons. The number of likely N-dealkylation sites (tertiary alicyclic amines) is 1.